The van der Waals surface area contributed by atoms with Gasteiger partial charge in [-0.3, -0.25) is 4.79 Å². The van der Waals surface area contributed by atoms with E-state index in [1.54, 1.807) is 6.92 Å². The molecule has 0 saturated carbocycles. The van der Waals surface area contributed by atoms with Gasteiger partial charge < -0.3 is 10.4 Å². The molecule has 2 heterocycles. The molecule has 0 atom stereocenters. The smallest absolute Gasteiger partial charge is 0.365 e. The number of amides is 1. The number of aromatic carboxylic acids is 1. The lowest BCUT2D eigenvalue weighted by atomic mass is 10.0. The average molecular weight is 306 g/mol. The zero-order valence-electron chi connectivity index (χ0n) is 11.4. The largest absolute Gasteiger partial charge is 0.476 e. The Labute approximate surface area is 125 Å². The fourth-order valence-electron chi connectivity index (χ4n) is 1.83. The molecule has 8 heteroatoms. The summed E-state index contributed by atoms with van der Waals surface area (Å²) in [4.78, 5) is 27.2. The van der Waals surface area contributed by atoms with E-state index in [4.69, 9.17) is 11.5 Å². The van der Waals surface area contributed by atoms with Gasteiger partial charge in [0.05, 0.1) is 0 Å². The summed E-state index contributed by atoms with van der Waals surface area (Å²) in [7, 11) is 0. The highest BCUT2D eigenvalue weighted by Crippen LogP contribution is 2.36. The van der Waals surface area contributed by atoms with Crippen LogP contribution in [-0.2, 0) is 0 Å². The number of thiazole rings is 1. The average Bonchev–Trinajstić information content (AvgIpc) is 3.09. The number of aromatic nitrogens is 1. The first kappa shape index (κ1) is 15.1. The van der Waals surface area contributed by atoms with Crippen LogP contribution >= 0.6 is 11.3 Å². The van der Waals surface area contributed by atoms with E-state index in [1.165, 1.54) is 0 Å². The molecule has 1 aromatic heterocycles. The highest BCUT2D eigenvalue weighted by molar-refractivity contribution is 7.13. The summed E-state index contributed by atoms with van der Waals surface area (Å²) in [5.41, 5.74) is -0.289. The van der Waals surface area contributed by atoms with E-state index in [0.717, 1.165) is 11.3 Å². The summed E-state index contributed by atoms with van der Waals surface area (Å²) in [5, 5.41) is 19.4. The van der Waals surface area contributed by atoms with Crippen molar-refractivity contribution in [3.8, 4) is 12.3 Å². The third kappa shape index (κ3) is 3.64. The summed E-state index contributed by atoms with van der Waals surface area (Å²) in [6, 6.07) is 0. The van der Waals surface area contributed by atoms with Crippen LogP contribution in [0.25, 0.3) is 0 Å². The second kappa shape index (κ2) is 6.01. The van der Waals surface area contributed by atoms with E-state index in [-0.39, 0.29) is 16.6 Å². The van der Waals surface area contributed by atoms with Crippen molar-refractivity contribution < 1.29 is 14.7 Å². The molecule has 7 nitrogen and oxygen atoms in total. The van der Waals surface area contributed by atoms with Crippen LogP contribution in [0.1, 0.15) is 44.4 Å². The van der Waals surface area contributed by atoms with E-state index < -0.39 is 11.6 Å². The molecule has 1 aromatic rings. The van der Waals surface area contributed by atoms with Gasteiger partial charge >= 0.3 is 5.97 Å². The summed E-state index contributed by atoms with van der Waals surface area (Å²) >= 11 is 0.983. The van der Waals surface area contributed by atoms with Gasteiger partial charge in [0.25, 0.3) is 5.91 Å². The number of carboxylic acid groups (broad SMARTS) is 1. The van der Waals surface area contributed by atoms with Crippen LogP contribution < -0.4 is 5.32 Å². The first-order valence-corrected chi connectivity index (χ1v) is 7.15. The summed E-state index contributed by atoms with van der Waals surface area (Å²) in [6.45, 7) is 2.05. The van der Waals surface area contributed by atoms with E-state index in [9.17, 15) is 9.59 Å². The zero-order chi connectivity index (χ0) is 15.5. The van der Waals surface area contributed by atoms with Crippen molar-refractivity contribution in [1.82, 2.24) is 10.3 Å². The molecule has 0 spiro atoms. The molecule has 0 radical (unpaired) electrons. The van der Waals surface area contributed by atoms with E-state index >= 15 is 0 Å². The highest BCUT2D eigenvalue weighted by atomic mass is 32.1. The molecule has 0 saturated heterocycles. The van der Waals surface area contributed by atoms with Crippen molar-refractivity contribution in [3.05, 3.63) is 15.6 Å². The monoisotopic (exact) mass is 306 g/mol. The molecule has 1 aliphatic rings. The van der Waals surface area contributed by atoms with Gasteiger partial charge in [-0.2, -0.15) is 10.2 Å². The minimum absolute atomic E-state index is 0.0877. The Morgan fingerprint density at radius 1 is 1.43 bits per heavy atom. The van der Waals surface area contributed by atoms with Crippen molar-refractivity contribution in [1.29, 1.82) is 0 Å². The fourth-order valence-corrected chi connectivity index (χ4v) is 2.58. The van der Waals surface area contributed by atoms with Gasteiger partial charge in [0.15, 0.2) is 5.66 Å². The maximum absolute atomic E-state index is 12.0. The lowest BCUT2D eigenvalue weighted by Crippen LogP contribution is -2.29. The van der Waals surface area contributed by atoms with Crippen LogP contribution in [0.5, 0.6) is 0 Å². The van der Waals surface area contributed by atoms with Gasteiger partial charge in [-0.1, -0.05) is 0 Å². The number of rotatable bonds is 7. The number of carboxylic acids is 1. The second-order valence-corrected chi connectivity index (χ2v) is 5.82. The Morgan fingerprint density at radius 3 is 2.67 bits per heavy atom. The van der Waals surface area contributed by atoms with Crippen molar-refractivity contribution in [2.24, 2.45) is 10.2 Å². The topological polar surface area (TPSA) is 104 Å². The predicted molar refractivity (Wildman–Crippen MR) is 76.4 cm³/mol. The van der Waals surface area contributed by atoms with Crippen LogP contribution in [0.15, 0.2) is 10.2 Å². The van der Waals surface area contributed by atoms with E-state index in [1.807, 2.05) is 0 Å². The molecule has 2 rings (SSSR count). The van der Waals surface area contributed by atoms with Gasteiger partial charge in [0.1, 0.15) is 5.69 Å². The Kier molecular flexibility index (Phi) is 4.33. The molecular formula is C13H14N4O3S. The summed E-state index contributed by atoms with van der Waals surface area (Å²) in [6.07, 6.45) is 7.05. The molecule has 0 fully saturated rings. The molecule has 0 bridgehead atoms. The van der Waals surface area contributed by atoms with Crippen molar-refractivity contribution >= 4 is 23.2 Å². The van der Waals surface area contributed by atoms with Gasteiger partial charge in [0.2, 0.25) is 5.01 Å². The minimum atomic E-state index is -1.13. The van der Waals surface area contributed by atoms with Crippen LogP contribution in [0.2, 0.25) is 0 Å². The first-order valence-electron chi connectivity index (χ1n) is 6.34. The number of nitrogens with one attached hydrogen (secondary N) is 1. The standard InChI is InChI=1S/C13H14N4O3S/c1-3-4-5-13(16-17-13)6-7-14-10(18)9-8(2)21-11(15-9)12(19)20/h1H,4-7H2,2H3,(H,14,18)(H,19,20). The van der Waals surface area contributed by atoms with Gasteiger partial charge in [0, 0.05) is 30.7 Å². The first-order chi connectivity index (χ1) is 9.97. The van der Waals surface area contributed by atoms with Crippen molar-refractivity contribution in [2.75, 3.05) is 6.54 Å². The summed E-state index contributed by atoms with van der Waals surface area (Å²) < 4.78 is 0. The molecule has 0 aliphatic carbocycles. The number of carbonyl (C=O) groups excluding carboxylic acids is 1. The Hall–Kier alpha value is -2.27. The van der Waals surface area contributed by atoms with Crippen LogP contribution in [0, 0.1) is 19.3 Å². The molecule has 0 unspecified atom stereocenters. The van der Waals surface area contributed by atoms with E-state index in [2.05, 4.69) is 26.4 Å². The lowest BCUT2D eigenvalue weighted by molar-refractivity contribution is 0.0696. The molecule has 110 valence electrons. The van der Waals surface area contributed by atoms with Crippen molar-refractivity contribution in [3.63, 3.8) is 0 Å². The third-order valence-corrected chi connectivity index (χ3v) is 4.02. The van der Waals surface area contributed by atoms with Crippen LogP contribution in [0.4, 0.5) is 0 Å². The number of aryl methyl sites for hydroxylation is 1. The molecule has 0 aromatic carbocycles. The molecular weight excluding hydrogens is 292 g/mol. The number of carbonyl (C=O) groups is 2. The SMILES string of the molecule is C#CCCC1(CCNC(=O)c2nc(C(=O)O)sc2C)N=N1. The number of hydrogen-bond acceptors (Lipinski definition) is 6. The second-order valence-electron chi connectivity index (χ2n) is 4.62. The maximum Gasteiger partial charge on any atom is 0.365 e. The zero-order valence-corrected chi connectivity index (χ0v) is 12.2. The van der Waals surface area contributed by atoms with E-state index in [0.29, 0.717) is 30.7 Å². The number of nitrogens with zero attached hydrogens (tertiary/aromatic N) is 3. The Bertz CT molecular complexity index is 638. The predicted octanol–water partition coefficient (Wildman–Crippen LogP) is 1.85. The lowest BCUT2D eigenvalue weighted by Gasteiger charge is -2.09. The molecule has 21 heavy (non-hydrogen) atoms. The fraction of sp³-hybridized carbons (Fsp3) is 0.462. The highest BCUT2D eigenvalue weighted by Gasteiger charge is 2.38. The molecule has 1 amide bonds. The number of hydrogen-bond donors (Lipinski definition) is 2. The van der Waals surface area contributed by atoms with Gasteiger partial charge in [-0.05, 0) is 6.92 Å². The van der Waals surface area contributed by atoms with Crippen molar-refractivity contribution in [2.45, 2.75) is 31.8 Å². The summed E-state index contributed by atoms with van der Waals surface area (Å²) in [5.74, 6) is 1.02. The molecule has 1 aliphatic heterocycles. The van der Waals surface area contributed by atoms with Gasteiger partial charge in [-0.15, -0.1) is 23.7 Å². The van der Waals surface area contributed by atoms with Crippen LogP contribution in [0.3, 0.4) is 0 Å². The minimum Gasteiger partial charge on any atom is -0.476 e. The third-order valence-electron chi connectivity index (χ3n) is 3.06. The normalized spacial score (nSPS) is 14.5. The Morgan fingerprint density at radius 2 is 2.14 bits per heavy atom. The number of terminal acetylenes is 1. The van der Waals surface area contributed by atoms with Gasteiger partial charge in [-0.25, -0.2) is 9.78 Å². The quantitative estimate of drug-likeness (QED) is 0.750. The maximum atomic E-state index is 12.0. The Balaban J connectivity index is 1.85. The molecule has 2 N–H and O–H groups in total. The van der Waals surface area contributed by atoms with Crippen LogP contribution in [-0.4, -0.2) is 34.2 Å².